The summed E-state index contributed by atoms with van der Waals surface area (Å²) in [5.74, 6) is -0.00388. The van der Waals surface area contributed by atoms with E-state index < -0.39 is 5.97 Å². The molecule has 0 unspecified atom stereocenters. The van der Waals surface area contributed by atoms with E-state index in [1.165, 1.54) is 22.3 Å². The Morgan fingerprint density at radius 1 is 1.09 bits per heavy atom. The van der Waals surface area contributed by atoms with Crippen LogP contribution in [0.25, 0.3) is 16.8 Å². The molecular weight excluding hydrogens is 442 g/mol. The first-order valence-corrected chi connectivity index (χ1v) is 11.0. The fraction of sp³-hybridized carbons (Fsp3) is 0.174. The number of amides is 1. The van der Waals surface area contributed by atoms with Crippen LogP contribution in [0.5, 0.6) is 5.75 Å². The Balaban J connectivity index is 1.53. The number of carbonyl (C=O) groups is 2. The highest BCUT2D eigenvalue weighted by atomic mass is 32.1. The summed E-state index contributed by atoms with van der Waals surface area (Å²) in [4.78, 5) is 25.5. The minimum absolute atomic E-state index is 0.147. The Morgan fingerprint density at radius 3 is 2.48 bits per heavy atom. The van der Waals surface area contributed by atoms with E-state index in [0.717, 1.165) is 16.8 Å². The second-order valence-corrected chi connectivity index (χ2v) is 7.83. The van der Waals surface area contributed by atoms with E-state index in [0.29, 0.717) is 21.9 Å². The van der Waals surface area contributed by atoms with Crippen molar-refractivity contribution in [2.75, 3.05) is 19.0 Å². The van der Waals surface area contributed by atoms with Crippen LogP contribution in [-0.2, 0) is 16.0 Å². The van der Waals surface area contributed by atoms with Gasteiger partial charge in [0.25, 0.3) is 0 Å². The molecule has 0 aliphatic heterocycles. The van der Waals surface area contributed by atoms with Crippen LogP contribution >= 0.6 is 11.3 Å². The Labute approximate surface area is 194 Å². The molecule has 2 aromatic heterocycles. The standard InChI is InChI=1S/C23H21N5O4S/c1-3-32-23(30)21-19(16-6-10-18(31-2)11-7-16)13-33-22(21)25-20(29)12-15-4-8-17(9-5-15)28-14-24-26-27-28/h4-11,13-14H,3,12H2,1-2H3,(H,25,29). The minimum atomic E-state index is -0.481. The zero-order valence-corrected chi connectivity index (χ0v) is 18.8. The molecule has 1 amide bonds. The number of benzene rings is 2. The van der Waals surface area contributed by atoms with Crippen molar-refractivity contribution in [2.24, 2.45) is 0 Å². The SMILES string of the molecule is CCOC(=O)c1c(-c2ccc(OC)cc2)csc1NC(=O)Cc1ccc(-n2cnnn2)cc1. The topological polar surface area (TPSA) is 108 Å². The molecular formula is C23H21N5O4S. The third-order valence-electron chi connectivity index (χ3n) is 4.84. The van der Waals surface area contributed by atoms with Crippen LogP contribution in [0.1, 0.15) is 22.8 Å². The molecule has 0 saturated carbocycles. The van der Waals surface area contributed by atoms with Crippen LogP contribution in [0.2, 0.25) is 0 Å². The Morgan fingerprint density at radius 2 is 1.85 bits per heavy atom. The fourth-order valence-corrected chi connectivity index (χ4v) is 4.21. The van der Waals surface area contributed by atoms with Gasteiger partial charge in [-0.05, 0) is 52.7 Å². The van der Waals surface area contributed by atoms with Crippen molar-refractivity contribution in [3.05, 3.63) is 71.4 Å². The second kappa shape index (κ2) is 10.0. The first-order chi connectivity index (χ1) is 16.1. The number of anilines is 1. The van der Waals surface area contributed by atoms with E-state index in [-0.39, 0.29) is 18.9 Å². The van der Waals surface area contributed by atoms with Crippen molar-refractivity contribution in [2.45, 2.75) is 13.3 Å². The molecule has 10 heteroatoms. The lowest BCUT2D eigenvalue weighted by molar-refractivity contribution is -0.115. The van der Waals surface area contributed by atoms with Crippen LogP contribution in [0.15, 0.2) is 60.2 Å². The van der Waals surface area contributed by atoms with Crippen molar-refractivity contribution in [1.82, 2.24) is 20.2 Å². The van der Waals surface area contributed by atoms with Gasteiger partial charge in [-0.3, -0.25) is 4.79 Å². The van der Waals surface area contributed by atoms with Gasteiger partial charge in [-0.1, -0.05) is 24.3 Å². The van der Waals surface area contributed by atoms with Gasteiger partial charge in [0.2, 0.25) is 5.91 Å². The Kier molecular flexibility index (Phi) is 6.75. The van der Waals surface area contributed by atoms with E-state index in [9.17, 15) is 9.59 Å². The lowest BCUT2D eigenvalue weighted by Crippen LogP contribution is -2.16. The number of ether oxygens (including phenoxy) is 2. The maximum Gasteiger partial charge on any atom is 0.341 e. The maximum atomic E-state index is 12.7. The molecule has 0 saturated heterocycles. The van der Waals surface area contributed by atoms with E-state index in [1.807, 2.05) is 53.9 Å². The summed E-state index contributed by atoms with van der Waals surface area (Å²) in [6, 6.07) is 14.7. The number of hydrogen-bond donors (Lipinski definition) is 1. The fourth-order valence-electron chi connectivity index (χ4n) is 3.24. The van der Waals surface area contributed by atoms with Crippen LogP contribution < -0.4 is 10.1 Å². The van der Waals surface area contributed by atoms with Gasteiger partial charge in [0, 0.05) is 10.9 Å². The lowest BCUT2D eigenvalue weighted by Gasteiger charge is -2.09. The zero-order chi connectivity index (χ0) is 23.2. The average molecular weight is 464 g/mol. The van der Waals surface area contributed by atoms with E-state index >= 15 is 0 Å². The third kappa shape index (κ3) is 5.07. The van der Waals surface area contributed by atoms with E-state index in [1.54, 1.807) is 14.0 Å². The number of thiophene rings is 1. The van der Waals surface area contributed by atoms with Gasteiger partial charge in [-0.2, -0.15) is 0 Å². The molecule has 4 rings (SSSR count). The van der Waals surface area contributed by atoms with Crippen LogP contribution in [-0.4, -0.2) is 45.8 Å². The summed E-state index contributed by atoms with van der Waals surface area (Å²) >= 11 is 1.29. The molecule has 2 heterocycles. The quantitative estimate of drug-likeness (QED) is 0.396. The molecule has 0 aliphatic carbocycles. The van der Waals surface area contributed by atoms with Crippen LogP contribution in [0, 0.1) is 0 Å². The van der Waals surface area contributed by atoms with Crippen molar-refractivity contribution in [1.29, 1.82) is 0 Å². The normalized spacial score (nSPS) is 10.6. The number of tetrazole rings is 1. The molecule has 0 bridgehead atoms. The average Bonchev–Trinajstić information content (AvgIpc) is 3.50. The molecule has 2 aromatic carbocycles. The van der Waals surface area contributed by atoms with Gasteiger partial charge in [0.15, 0.2) is 0 Å². The molecule has 0 radical (unpaired) electrons. The van der Waals surface area contributed by atoms with Gasteiger partial charge in [0.1, 0.15) is 22.6 Å². The predicted octanol–water partition coefficient (Wildman–Crippen LogP) is 3.76. The highest BCUT2D eigenvalue weighted by molar-refractivity contribution is 7.15. The van der Waals surface area contributed by atoms with Crippen molar-refractivity contribution >= 4 is 28.2 Å². The van der Waals surface area contributed by atoms with Gasteiger partial charge in [-0.25, -0.2) is 9.48 Å². The molecule has 0 aliphatic rings. The van der Waals surface area contributed by atoms with Crippen molar-refractivity contribution in [3.8, 4) is 22.6 Å². The highest BCUT2D eigenvalue weighted by Crippen LogP contribution is 2.37. The van der Waals surface area contributed by atoms with Gasteiger partial charge in [0.05, 0.1) is 25.8 Å². The molecule has 0 fully saturated rings. The number of methoxy groups -OCH3 is 1. The molecule has 4 aromatic rings. The number of rotatable bonds is 8. The number of nitrogens with zero attached hydrogens (tertiary/aromatic N) is 4. The first kappa shape index (κ1) is 22.2. The van der Waals surface area contributed by atoms with Gasteiger partial charge in [-0.15, -0.1) is 16.4 Å². The van der Waals surface area contributed by atoms with E-state index in [2.05, 4.69) is 20.8 Å². The summed E-state index contributed by atoms with van der Waals surface area (Å²) in [5, 5.41) is 16.2. The van der Waals surface area contributed by atoms with Gasteiger partial charge < -0.3 is 14.8 Å². The van der Waals surface area contributed by atoms with Crippen LogP contribution in [0.4, 0.5) is 5.00 Å². The van der Waals surface area contributed by atoms with Crippen molar-refractivity contribution < 1.29 is 19.1 Å². The molecule has 0 atom stereocenters. The number of aromatic nitrogens is 4. The maximum absolute atomic E-state index is 12.7. The third-order valence-corrected chi connectivity index (χ3v) is 5.73. The molecule has 0 spiro atoms. The molecule has 33 heavy (non-hydrogen) atoms. The largest absolute Gasteiger partial charge is 0.497 e. The number of esters is 1. The summed E-state index contributed by atoms with van der Waals surface area (Å²) in [5.41, 5.74) is 3.47. The summed E-state index contributed by atoms with van der Waals surface area (Å²) in [6.07, 6.45) is 1.64. The Bertz CT molecular complexity index is 1240. The number of carbonyl (C=O) groups excluding carboxylic acids is 2. The lowest BCUT2D eigenvalue weighted by atomic mass is 10.0. The van der Waals surface area contributed by atoms with Crippen molar-refractivity contribution in [3.63, 3.8) is 0 Å². The predicted molar refractivity (Wildman–Crippen MR) is 124 cm³/mol. The summed E-state index contributed by atoms with van der Waals surface area (Å²) in [6.45, 7) is 1.98. The second-order valence-electron chi connectivity index (χ2n) is 6.95. The van der Waals surface area contributed by atoms with Gasteiger partial charge >= 0.3 is 5.97 Å². The Hall–Kier alpha value is -4.05. The first-order valence-electron chi connectivity index (χ1n) is 10.1. The summed E-state index contributed by atoms with van der Waals surface area (Å²) in [7, 11) is 1.59. The van der Waals surface area contributed by atoms with Crippen LogP contribution in [0.3, 0.4) is 0 Å². The highest BCUT2D eigenvalue weighted by Gasteiger charge is 2.23. The summed E-state index contributed by atoms with van der Waals surface area (Å²) < 4.78 is 12.0. The molecule has 168 valence electrons. The monoisotopic (exact) mass is 463 g/mol. The number of nitrogens with one attached hydrogen (secondary N) is 1. The minimum Gasteiger partial charge on any atom is -0.497 e. The zero-order valence-electron chi connectivity index (χ0n) is 18.0. The van der Waals surface area contributed by atoms with E-state index in [4.69, 9.17) is 9.47 Å². The molecule has 9 nitrogen and oxygen atoms in total. The number of hydrogen-bond acceptors (Lipinski definition) is 8. The molecule has 1 N–H and O–H groups in total. The smallest absolute Gasteiger partial charge is 0.341 e.